The summed E-state index contributed by atoms with van der Waals surface area (Å²) in [6.07, 6.45) is -1.91. The van der Waals surface area contributed by atoms with Gasteiger partial charge in [-0.3, -0.25) is 4.79 Å². The predicted octanol–water partition coefficient (Wildman–Crippen LogP) is 5.76. The summed E-state index contributed by atoms with van der Waals surface area (Å²) in [6.45, 7) is 2.57. The number of alkyl halides is 3. The summed E-state index contributed by atoms with van der Waals surface area (Å²) in [5.41, 5.74) is 0.515. The van der Waals surface area contributed by atoms with E-state index < -0.39 is 17.8 Å². The number of urea groups is 1. The first-order valence-corrected chi connectivity index (χ1v) is 10.5. The van der Waals surface area contributed by atoms with Crippen LogP contribution in [0.5, 0.6) is 0 Å². The van der Waals surface area contributed by atoms with E-state index in [1.165, 1.54) is 6.07 Å². The van der Waals surface area contributed by atoms with E-state index >= 15 is 0 Å². The number of benzene rings is 2. The number of oxazole rings is 1. The molecular weight excluding hydrogens is 439 g/mol. The maximum atomic E-state index is 12.9. The SMILES string of the molecule is CCOC(=O)CCCCCNC(=O)Nc1cccc(-c2nc3cc(C(F)(F)F)ccc3o2)c1. The highest BCUT2D eigenvalue weighted by Crippen LogP contribution is 2.33. The van der Waals surface area contributed by atoms with Crippen molar-refractivity contribution in [1.29, 1.82) is 0 Å². The lowest BCUT2D eigenvalue weighted by molar-refractivity contribution is -0.143. The molecule has 2 amide bonds. The zero-order valence-electron chi connectivity index (χ0n) is 18.0. The zero-order valence-corrected chi connectivity index (χ0v) is 18.0. The molecule has 0 bridgehead atoms. The molecule has 3 aromatic rings. The Kier molecular flexibility index (Phi) is 7.92. The van der Waals surface area contributed by atoms with Gasteiger partial charge in [-0.1, -0.05) is 12.5 Å². The number of amides is 2. The Morgan fingerprint density at radius 3 is 2.67 bits per heavy atom. The highest BCUT2D eigenvalue weighted by Gasteiger charge is 2.31. The minimum absolute atomic E-state index is 0.0962. The summed E-state index contributed by atoms with van der Waals surface area (Å²) in [7, 11) is 0. The van der Waals surface area contributed by atoms with E-state index in [4.69, 9.17) is 9.15 Å². The summed E-state index contributed by atoms with van der Waals surface area (Å²) < 4.78 is 49.2. The molecule has 2 aromatic carbocycles. The topological polar surface area (TPSA) is 93.5 Å². The minimum Gasteiger partial charge on any atom is -0.466 e. The maximum Gasteiger partial charge on any atom is 0.416 e. The molecule has 0 fully saturated rings. The summed E-state index contributed by atoms with van der Waals surface area (Å²) in [4.78, 5) is 27.5. The number of esters is 1. The number of nitrogens with zero attached hydrogens (tertiary/aromatic N) is 1. The van der Waals surface area contributed by atoms with Crippen molar-refractivity contribution < 1.29 is 31.9 Å². The lowest BCUT2D eigenvalue weighted by Gasteiger charge is -2.08. The molecule has 2 N–H and O–H groups in total. The van der Waals surface area contributed by atoms with Crippen molar-refractivity contribution in [1.82, 2.24) is 10.3 Å². The fraction of sp³-hybridized carbons (Fsp3) is 0.348. The Hall–Kier alpha value is -3.56. The van der Waals surface area contributed by atoms with Gasteiger partial charge in [0.2, 0.25) is 5.89 Å². The van der Waals surface area contributed by atoms with E-state index in [2.05, 4.69) is 15.6 Å². The Morgan fingerprint density at radius 1 is 1.09 bits per heavy atom. The van der Waals surface area contributed by atoms with Crippen LogP contribution in [0.25, 0.3) is 22.6 Å². The summed E-state index contributed by atoms with van der Waals surface area (Å²) in [5, 5.41) is 5.43. The third-order valence-corrected chi connectivity index (χ3v) is 4.73. The van der Waals surface area contributed by atoms with Crippen LogP contribution in [0, 0.1) is 0 Å². The normalized spacial score (nSPS) is 11.4. The van der Waals surface area contributed by atoms with Crippen LogP contribution in [-0.4, -0.2) is 30.1 Å². The number of ether oxygens (including phenoxy) is 1. The molecule has 1 heterocycles. The van der Waals surface area contributed by atoms with E-state index in [0.29, 0.717) is 37.2 Å². The van der Waals surface area contributed by atoms with E-state index in [-0.39, 0.29) is 23.0 Å². The summed E-state index contributed by atoms with van der Waals surface area (Å²) >= 11 is 0. The molecule has 0 unspecified atom stereocenters. The van der Waals surface area contributed by atoms with E-state index in [0.717, 1.165) is 25.0 Å². The molecule has 0 aliphatic rings. The van der Waals surface area contributed by atoms with E-state index in [9.17, 15) is 22.8 Å². The molecule has 10 heteroatoms. The van der Waals surface area contributed by atoms with Crippen LogP contribution >= 0.6 is 0 Å². The van der Waals surface area contributed by atoms with E-state index in [1.54, 1.807) is 31.2 Å². The van der Waals surface area contributed by atoms with Gasteiger partial charge in [0.05, 0.1) is 12.2 Å². The second-order valence-electron chi connectivity index (χ2n) is 7.28. The standard InChI is InChI=1S/C23H24F3N3O4/c1-2-32-20(30)9-4-3-5-12-27-22(31)28-17-8-6-7-15(13-17)21-29-18-14-16(23(24,25)26)10-11-19(18)33-21/h6-8,10-11,13-14H,2-5,9,12H2,1H3,(H2,27,28,31). The second-order valence-corrected chi connectivity index (χ2v) is 7.28. The lowest BCUT2D eigenvalue weighted by Crippen LogP contribution is -2.29. The van der Waals surface area contributed by atoms with Crippen LogP contribution in [0.4, 0.5) is 23.7 Å². The third-order valence-electron chi connectivity index (χ3n) is 4.73. The van der Waals surface area contributed by atoms with Gasteiger partial charge in [0.1, 0.15) is 5.52 Å². The maximum absolute atomic E-state index is 12.9. The molecule has 0 saturated carbocycles. The Balaban J connectivity index is 1.53. The molecule has 0 radical (unpaired) electrons. The number of unbranched alkanes of at least 4 members (excludes halogenated alkanes) is 2. The first-order valence-electron chi connectivity index (χ1n) is 10.5. The number of hydrogen-bond donors (Lipinski definition) is 2. The molecule has 0 aliphatic carbocycles. The van der Waals surface area contributed by atoms with Crippen LogP contribution in [0.2, 0.25) is 0 Å². The van der Waals surface area contributed by atoms with Crippen molar-refractivity contribution in [3.8, 4) is 11.5 Å². The molecule has 0 saturated heterocycles. The first-order chi connectivity index (χ1) is 15.8. The van der Waals surface area contributed by atoms with Crippen molar-refractivity contribution in [2.24, 2.45) is 0 Å². The number of nitrogens with one attached hydrogen (secondary N) is 2. The average Bonchev–Trinajstić information content (AvgIpc) is 3.19. The van der Waals surface area contributed by atoms with Gasteiger partial charge >= 0.3 is 18.2 Å². The van der Waals surface area contributed by atoms with Gasteiger partial charge in [0, 0.05) is 24.2 Å². The van der Waals surface area contributed by atoms with Gasteiger partial charge in [0.15, 0.2) is 5.58 Å². The number of rotatable bonds is 9. The first kappa shape index (κ1) is 24.1. The Bertz CT molecular complexity index is 1110. The number of carbonyl (C=O) groups excluding carboxylic acids is 2. The number of anilines is 1. The number of halogens is 3. The molecule has 3 rings (SSSR count). The largest absolute Gasteiger partial charge is 0.466 e. The van der Waals surface area contributed by atoms with Gasteiger partial charge in [-0.05, 0) is 56.2 Å². The Morgan fingerprint density at radius 2 is 1.91 bits per heavy atom. The number of hydrogen-bond acceptors (Lipinski definition) is 5. The Labute approximate surface area is 188 Å². The van der Waals surface area contributed by atoms with Gasteiger partial charge < -0.3 is 19.8 Å². The molecule has 0 atom stereocenters. The molecular formula is C23H24F3N3O4. The van der Waals surface area contributed by atoms with Crippen molar-refractivity contribution in [3.05, 3.63) is 48.0 Å². The highest BCUT2D eigenvalue weighted by atomic mass is 19.4. The van der Waals surface area contributed by atoms with Crippen molar-refractivity contribution in [3.63, 3.8) is 0 Å². The quantitative estimate of drug-likeness (QED) is 0.311. The molecule has 0 spiro atoms. The second kappa shape index (κ2) is 10.8. The highest BCUT2D eigenvalue weighted by molar-refractivity contribution is 5.90. The zero-order chi connectivity index (χ0) is 23.8. The molecule has 1 aromatic heterocycles. The summed E-state index contributed by atoms with van der Waals surface area (Å²) in [5.74, 6) is -0.0715. The summed E-state index contributed by atoms with van der Waals surface area (Å²) in [6, 6.07) is 9.36. The molecule has 7 nitrogen and oxygen atoms in total. The van der Waals surface area contributed by atoms with Gasteiger partial charge in [-0.15, -0.1) is 0 Å². The van der Waals surface area contributed by atoms with Crippen LogP contribution in [0.15, 0.2) is 46.9 Å². The number of aromatic nitrogens is 1. The fourth-order valence-electron chi connectivity index (χ4n) is 3.14. The molecule has 33 heavy (non-hydrogen) atoms. The molecule has 176 valence electrons. The predicted molar refractivity (Wildman–Crippen MR) is 117 cm³/mol. The van der Waals surface area contributed by atoms with Crippen molar-refractivity contribution in [2.45, 2.75) is 38.8 Å². The number of fused-ring (bicyclic) bond motifs is 1. The van der Waals surface area contributed by atoms with Crippen LogP contribution in [-0.2, 0) is 15.7 Å². The van der Waals surface area contributed by atoms with Crippen LogP contribution < -0.4 is 10.6 Å². The van der Waals surface area contributed by atoms with Crippen LogP contribution in [0.1, 0.15) is 38.2 Å². The van der Waals surface area contributed by atoms with Gasteiger partial charge in [0.25, 0.3) is 0 Å². The number of carbonyl (C=O) groups is 2. The van der Waals surface area contributed by atoms with E-state index in [1.807, 2.05) is 0 Å². The minimum atomic E-state index is -4.47. The fourth-order valence-corrected chi connectivity index (χ4v) is 3.14. The smallest absolute Gasteiger partial charge is 0.416 e. The van der Waals surface area contributed by atoms with Gasteiger partial charge in [-0.2, -0.15) is 13.2 Å². The van der Waals surface area contributed by atoms with Crippen molar-refractivity contribution >= 4 is 28.8 Å². The lowest BCUT2D eigenvalue weighted by atomic mass is 10.2. The average molecular weight is 463 g/mol. The van der Waals surface area contributed by atoms with Crippen LogP contribution in [0.3, 0.4) is 0 Å². The molecule has 0 aliphatic heterocycles. The monoisotopic (exact) mass is 463 g/mol. The third kappa shape index (κ3) is 6.96. The van der Waals surface area contributed by atoms with Crippen molar-refractivity contribution in [2.75, 3.05) is 18.5 Å². The van der Waals surface area contributed by atoms with Gasteiger partial charge in [-0.25, -0.2) is 9.78 Å².